The summed E-state index contributed by atoms with van der Waals surface area (Å²) in [5, 5.41) is 0. The number of carbonyl (C=O) groups is 1. The molecule has 0 spiro atoms. The Bertz CT molecular complexity index is 962. The first kappa shape index (κ1) is 19.1. The third-order valence-corrected chi connectivity index (χ3v) is 5.44. The smallest absolute Gasteiger partial charge is 0.253 e. The first-order valence-electron chi connectivity index (χ1n) is 10.1. The summed E-state index contributed by atoms with van der Waals surface area (Å²) in [6.07, 6.45) is 1.62. The second kappa shape index (κ2) is 8.43. The highest BCUT2D eigenvalue weighted by Gasteiger charge is 2.23. The highest BCUT2D eigenvalue weighted by Crippen LogP contribution is 2.22. The summed E-state index contributed by atoms with van der Waals surface area (Å²) in [4.78, 5) is 25.9. The molecule has 0 N–H and O–H groups in total. The molecule has 5 heteroatoms. The lowest BCUT2D eigenvalue weighted by Crippen LogP contribution is -2.49. The first-order valence-corrected chi connectivity index (χ1v) is 10.1. The van der Waals surface area contributed by atoms with Gasteiger partial charge in [0.2, 0.25) is 0 Å². The van der Waals surface area contributed by atoms with Gasteiger partial charge in [0.05, 0.1) is 5.69 Å². The molecule has 0 aliphatic carbocycles. The Labute approximate surface area is 172 Å². The van der Waals surface area contributed by atoms with Gasteiger partial charge in [-0.05, 0) is 23.6 Å². The molecule has 0 saturated carbocycles. The van der Waals surface area contributed by atoms with Gasteiger partial charge in [0.15, 0.2) is 0 Å². The largest absolute Gasteiger partial charge is 0.353 e. The van der Waals surface area contributed by atoms with Crippen LogP contribution in [0.2, 0.25) is 0 Å². The summed E-state index contributed by atoms with van der Waals surface area (Å²) in [6, 6.07) is 20.1. The predicted molar refractivity (Wildman–Crippen MR) is 116 cm³/mol. The van der Waals surface area contributed by atoms with E-state index in [2.05, 4.69) is 40.8 Å². The molecule has 29 heavy (non-hydrogen) atoms. The predicted octanol–water partition coefficient (Wildman–Crippen LogP) is 4.23. The molecule has 0 unspecified atom stereocenters. The molecule has 5 nitrogen and oxygen atoms in total. The van der Waals surface area contributed by atoms with E-state index in [9.17, 15) is 4.79 Å². The SMILES string of the molecule is CC(C)c1ccc(C(=O)N2CCN(c3cc(-c4ccccc4)ncn3)CC2)cc1. The van der Waals surface area contributed by atoms with Crippen molar-refractivity contribution in [2.75, 3.05) is 31.1 Å². The Morgan fingerprint density at radius 3 is 2.24 bits per heavy atom. The molecule has 1 aliphatic heterocycles. The molecule has 148 valence electrons. The number of anilines is 1. The molecule has 1 saturated heterocycles. The van der Waals surface area contributed by atoms with Crippen molar-refractivity contribution in [1.29, 1.82) is 0 Å². The molecule has 0 radical (unpaired) electrons. The highest BCUT2D eigenvalue weighted by molar-refractivity contribution is 5.94. The normalized spacial score (nSPS) is 14.3. The molecule has 4 rings (SSSR count). The lowest BCUT2D eigenvalue weighted by molar-refractivity contribution is 0.0746. The Morgan fingerprint density at radius 1 is 0.897 bits per heavy atom. The second-order valence-corrected chi connectivity index (χ2v) is 7.68. The monoisotopic (exact) mass is 386 g/mol. The number of piperazine rings is 1. The average Bonchev–Trinajstić information content (AvgIpc) is 2.79. The van der Waals surface area contributed by atoms with Gasteiger partial charge in [-0.2, -0.15) is 0 Å². The molecular formula is C24H26N4O. The van der Waals surface area contributed by atoms with E-state index in [4.69, 9.17) is 0 Å². The lowest BCUT2D eigenvalue weighted by Gasteiger charge is -2.35. The van der Waals surface area contributed by atoms with Gasteiger partial charge in [-0.15, -0.1) is 0 Å². The minimum absolute atomic E-state index is 0.104. The number of hydrogen-bond acceptors (Lipinski definition) is 4. The average molecular weight is 386 g/mol. The topological polar surface area (TPSA) is 49.3 Å². The second-order valence-electron chi connectivity index (χ2n) is 7.68. The summed E-state index contributed by atoms with van der Waals surface area (Å²) in [5.41, 5.74) is 4.01. The van der Waals surface area contributed by atoms with Crippen LogP contribution in [0.1, 0.15) is 35.7 Å². The van der Waals surface area contributed by atoms with Crippen LogP contribution in [0.3, 0.4) is 0 Å². The zero-order chi connectivity index (χ0) is 20.2. The summed E-state index contributed by atoms with van der Waals surface area (Å²) in [6.45, 7) is 7.23. The van der Waals surface area contributed by atoms with Gasteiger partial charge in [-0.3, -0.25) is 4.79 Å². The molecule has 3 aromatic rings. The number of nitrogens with zero attached hydrogens (tertiary/aromatic N) is 4. The quantitative estimate of drug-likeness (QED) is 0.673. The number of carbonyl (C=O) groups excluding carboxylic acids is 1. The Balaban J connectivity index is 1.41. The van der Waals surface area contributed by atoms with E-state index in [1.54, 1.807) is 6.33 Å². The van der Waals surface area contributed by atoms with Crippen molar-refractivity contribution >= 4 is 11.7 Å². The van der Waals surface area contributed by atoms with Gasteiger partial charge >= 0.3 is 0 Å². The van der Waals surface area contributed by atoms with E-state index in [0.717, 1.165) is 35.7 Å². The van der Waals surface area contributed by atoms with Crippen LogP contribution in [0.4, 0.5) is 5.82 Å². The van der Waals surface area contributed by atoms with E-state index in [1.807, 2.05) is 53.4 Å². The maximum atomic E-state index is 12.8. The molecule has 1 amide bonds. The fourth-order valence-corrected chi connectivity index (χ4v) is 3.62. The summed E-state index contributed by atoms with van der Waals surface area (Å²) < 4.78 is 0. The molecule has 1 fully saturated rings. The van der Waals surface area contributed by atoms with Crippen LogP contribution in [-0.4, -0.2) is 47.0 Å². The maximum Gasteiger partial charge on any atom is 0.253 e. The van der Waals surface area contributed by atoms with E-state index >= 15 is 0 Å². The molecule has 1 aliphatic rings. The Hall–Kier alpha value is -3.21. The van der Waals surface area contributed by atoms with Gasteiger partial charge in [0, 0.05) is 43.4 Å². The number of rotatable bonds is 4. The van der Waals surface area contributed by atoms with Crippen LogP contribution in [0, 0.1) is 0 Å². The molecule has 0 atom stereocenters. The van der Waals surface area contributed by atoms with Crippen molar-refractivity contribution in [3.8, 4) is 11.3 Å². The maximum absolute atomic E-state index is 12.8. The van der Waals surface area contributed by atoms with E-state index in [-0.39, 0.29) is 5.91 Å². The molecule has 2 aromatic carbocycles. The van der Waals surface area contributed by atoms with Gasteiger partial charge in [-0.1, -0.05) is 56.3 Å². The van der Waals surface area contributed by atoms with Crippen molar-refractivity contribution < 1.29 is 4.79 Å². The van der Waals surface area contributed by atoms with Crippen molar-refractivity contribution in [2.45, 2.75) is 19.8 Å². The third kappa shape index (κ3) is 4.29. The molecular weight excluding hydrogens is 360 g/mol. The van der Waals surface area contributed by atoms with Gasteiger partial charge in [0.25, 0.3) is 5.91 Å². The van der Waals surface area contributed by atoms with Crippen LogP contribution >= 0.6 is 0 Å². The van der Waals surface area contributed by atoms with Crippen molar-refractivity contribution in [1.82, 2.24) is 14.9 Å². The first-order chi connectivity index (χ1) is 14.1. The standard InChI is InChI=1S/C24H26N4O/c1-18(2)19-8-10-21(11-9-19)24(29)28-14-12-27(13-15-28)23-16-22(25-17-26-23)20-6-4-3-5-7-20/h3-11,16-18H,12-15H2,1-2H3. The fraction of sp³-hybridized carbons (Fsp3) is 0.292. The van der Waals surface area contributed by atoms with E-state index in [0.29, 0.717) is 19.0 Å². The fourth-order valence-electron chi connectivity index (χ4n) is 3.62. The van der Waals surface area contributed by atoms with Crippen LogP contribution in [0.5, 0.6) is 0 Å². The molecule has 2 heterocycles. The van der Waals surface area contributed by atoms with E-state index in [1.165, 1.54) is 5.56 Å². The molecule has 1 aromatic heterocycles. The Kier molecular flexibility index (Phi) is 5.56. The van der Waals surface area contributed by atoms with Gasteiger partial charge < -0.3 is 9.80 Å². The van der Waals surface area contributed by atoms with Crippen LogP contribution in [0.15, 0.2) is 67.0 Å². The minimum Gasteiger partial charge on any atom is -0.353 e. The van der Waals surface area contributed by atoms with Crippen LogP contribution in [-0.2, 0) is 0 Å². The zero-order valence-electron chi connectivity index (χ0n) is 17.0. The number of hydrogen-bond donors (Lipinski definition) is 0. The highest BCUT2D eigenvalue weighted by atomic mass is 16.2. The van der Waals surface area contributed by atoms with Crippen molar-refractivity contribution in [2.24, 2.45) is 0 Å². The summed E-state index contributed by atoms with van der Waals surface area (Å²) >= 11 is 0. The number of aromatic nitrogens is 2. The number of benzene rings is 2. The van der Waals surface area contributed by atoms with Crippen molar-refractivity contribution in [3.63, 3.8) is 0 Å². The van der Waals surface area contributed by atoms with Gasteiger partial charge in [0.1, 0.15) is 12.1 Å². The van der Waals surface area contributed by atoms with E-state index < -0.39 is 0 Å². The lowest BCUT2D eigenvalue weighted by atomic mass is 10.0. The van der Waals surface area contributed by atoms with Crippen molar-refractivity contribution in [3.05, 3.63) is 78.1 Å². The summed E-state index contributed by atoms with van der Waals surface area (Å²) in [7, 11) is 0. The Morgan fingerprint density at radius 2 is 1.59 bits per heavy atom. The summed E-state index contributed by atoms with van der Waals surface area (Å²) in [5.74, 6) is 1.48. The molecule has 0 bridgehead atoms. The van der Waals surface area contributed by atoms with Crippen LogP contribution < -0.4 is 4.90 Å². The van der Waals surface area contributed by atoms with Crippen LogP contribution in [0.25, 0.3) is 11.3 Å². The van der Waals surface area contributed by atoms with Gasteiger partial charge in [-0.25, -0.2) is 9.97 Å². The number of amides is 1. The third-order valence-electron chi connectivity index (χ3n) is 5.44. The zero-order valence-corrected chi connectivity index (χ0v) is 17.0. The minimum atomic E-state index is 0.104.